The Morgan fingerprint density at radius 3 is 2.06 bits per heavy atom. The van der Waals surface area contributed by atoms with Gasteiger partial charge in [-0.1, -0.05) is 24.3 Å². The molecule has 36 heavy (non-hydrogen) atoms. The number of sulfonamides is 1. The number of methoxy groups -OCH3 is 2. The molecule has 0 saturated carbocycles. The van der Waals surface area contributed by atoms with Gasteiger partial charge < -0.3 is 14.8 Å². The number of ether oxygens (including phenoxy) is 2. The molecule has 1 amide bonds. The van der Waals surface area contributed by atoms with Crippen molar-refractivity contribution < 1.29 is 32.3 Å². The fourth-order valence-electron chi connectivity index (χ4n) is 3.50. The van der Waals surface area contributed by atoms with Crippen LogP contribution < -0.4 is 9.62 Å². The van der Waals surface area contributed by atoms with Gasteiger partial charge in [0.25, 0.3) is 5.91 Å². The van der Waals surface area contributed by atoms with Gasteiger partial charge in [0.15, 0.2) is 0 Å². The predicted molar refractivity (Wildman–Crippen MR) is 136 cm³/mol. The number of anilines is 2. The van der Waals surface area contributed by atoms with Crippen LogP contribution in [0.4, 0.5) is 11.4 Å². The molecule has 0 radical (unpaired) electrons. The summed E-state index contributed by atoms with van der Waals surface area (Å²) in [5.74, 6) is -1.91. The molecule has 0 atom stereocenters. The number of hydrogen-bond donors (Lipinski definition) is 1. The maximum absolute atomic E-state index is 12.9. The zero-order valence-corrected chi connectivity index (χ0v) is 21.1. The lowest BCUT2D eigenvalue weighted by Crippen LogP contribution is -2.29. The molecule has 0 aromatic heterocycles. The molecular weight excluding hydrogens is 484 g/mol. The predicted octanol–water partition coefficient (Wildman–Crippen LogP) is 3.79. The fourth-order valence-corrected chi connectivity index (χ4v) is 4.37. The fraction of sp³-hybridized carbons (Fsp3) is 0.192. The summed E-state index contributed by atoms with van der Waals surface area (Å²) in [5.41, 5.74) is 2.66. The molecule has 0 unspecified atom stereocenters. The van der Waals surface area contributed by atoms with Crippen LogP contribution >= 0.6 is 0 Å². The van der Waals surface area contributed by atoms with E-state index in [1.165, 1.54) is 61.0 Å². The summed E-state index contributed by atoms with van der Waals surface area (Å²) in [7, 11) is -1.19. The van der Waals surface area contributed by atoms with E-state index >= 15 is 0 Å². The monoisotopic (exact) mass is 510 g/mol. The molecule has 0 saturated heterocycles. The van der Waals surface area contributed by atoms with Crippen molar-refractivity contribution in [3.05, 3.63) is 94.5 Å². The Hall–Kier alpha value is -4.18. The van der Waals surface area contributed by atoms with E-state index in [0.717, 1.165) is 17.4 Å². The molecule has 0 bridgehead atoms. The molecule has 0 aliphatic heterocycles. The largest absolute Gasteiger partial charge is 0.465 e. The second-order valence-electron chi connectivity index (χ2n) is 7.94. The Kier molecular flexibility index (Phi) is 8.11. The average molecular weight is 511 g/mol. The topological polar surface area (TPSA) is 119 Å². The molecule has 3 rings (SSSR count). The van der Waals surface area contributed by atoms with Crippen LogP contribution in [0.3, 0.4) is 0 Å². The standard InChI is InChI=1S/C26H26N2O7S/c1-17-7-5-6-8-20(17)16-28(36(4,32)33)21-12-9-18(10-13-21)24(29)27-23-15-19(25(30)34-2)11-14-22(23)26(31)35-3/h5-15H,16H2,1-4H3,(H,27,29). The maximum atomic E-state index is 12.9. The number of aryl methyl sites for hydroxylation is 1. The summed E-state index contributed by atoms with van der Waals surface area (Å²) in [5, 5.41) is 2.61. The first kappa shape index (κ1) is 26.4. The molecule has 0 spiro atoms. The molecular formula is C26H26N2O7S. The van der Waals surface area contributed by atoms with Crippen LogP contribution in [0.1, 0.15) is 42.2 Å². The number of carbonyl (C=O) groups is 3. The van der Waals surface area contributed by atoms with E-state index in [-0.39, 0.29) is 28.9 Å². The number of nitrogens with one attached hydrogen (secondary N) is 1. The van der Waals surface area contributed by atoms with Gasteiger partial charge in [0.05, 0.1) is 49.5 Å². The van der Waals surface area contributed by atoms with Crippen molar-refractivity contribution in [1.29, 1.82) is 0 Å². The molecule has 0 aliphatic rings. The molecule has 188 valence electrons. The van der Waals surface area contributed by atoms with Gasteiger partial charge in [0, 0.05) is 5.56 Å². The number of benzene rings is 3. The van der Waals surface area contributed by atoms with Crippen LogP contribution in [0, 0.1) is 6.92 Å². The van der Waals surface area contributed by atoms with E-state index in [4.69, 9.17) is 9.47 Å². The van der Waals surface area contributed by atoms with Gasteiger partial charge in [-0.15, -0.1) is 0 Å². The summed E-state index contributed by atoms with van der Waals surface area (Å²) in [6.45, 7) is 2.04. The highest BCUT2D eigenvalue weighted by Crippen LogP contribution is 2.24. The van der Waals surface area contributed by atoms with Crippen LogP contribution in [-0.2, 0) is 26.0 Å². The lowest BCUT2D eigenvalue weighted by atomic mass is 10.1. The van der Waals surface area contributed by atoms with E-state index in [2.05, 4.69) is 5.32 Å². The molecule has 3 aromatic carbocycles. The van der Waals surface area contributed by atoms with E-state index < -0.39 is 27.9 Å². The maximum Gasteiger partial charge on any atom is 0.339 e. The third-order valence-electron chi connectivity index (χ3n) is 5.49. The van der Waals surface area contributed by atoms with Crippen LogP contribution in [0.15, 0.2) is 66.7 Å². The smallest absolute Gasteiger partial charge is 0.339 e. The number of carbonyl (C=O) groups excluding carboxylic acids is 3. The van der Waals surface area contributed by atoms with Gasteiger partial charge >= 0.3 is 11.9 Å². The van der Waals surface area contributed by atoms with Crippen molar-refractivity contribution >= 4 is 39.2 Å². The van der Waals surface area contributed by atoms with Crippen LogP contribution in [0.25, 0.3) is 0 Å². The summed E-state index contributed by atoms with van der Waals surface area (Å²) in [6.07, 6.45) is 1.12. The van der Waals surface area contributed by atoms with Crippen molar-refractivity contribution in [2.45, 2.75) is 13.5 Å². The first-order valence-electron chi connectivity index (χ1n) is 10.8. The second kappa shape index (κ2) is 11.0. The minimum absolute atomic E-state index is 0.0524. The van der Waals surface area contributed by atoms with Crippen molar-refractivity contribution in [3.63, 3.8) is 0 Å². The zero-order chi connectivity index (χ0) is 26.5. The Morgan fingerprint density at radius 1 is 0.861 bits per heavy atom. The van der Waals surface area contributed by atoms with Gasteiger partial charge in [0.2, 0.25) is 10.0 Å². The quantitative estimate of drug-likeness (QED) is 0.458. The van der Waals surface area contributed by atoms with Crippen LogP contribution in [-0.4, -0.2) is 46.7 Å². The van der Waals surface area contributed by atoms with E-state index in [9.17, 15) is 22.8 Å². The van der Waals surface area contributed by atoms with Gasteiger partial charge in [-0.25, -0.2) is 18.0 Å². The highest BCUT2D eigenvalue weighted by molar-refractivity contribution is 7.92. The Balaban J connectivity index is 1.89. The van der Waals surface area contributed by atoms with Gasteiger partial charge in [-0.05, 0) is 60.5 Å². The lowest BCUT2D eigenvalue weighted by Gasteiger charge is -2.23. The van der Waals surface area contributed by atoms with Crippen molar-refractivity contribution in [3.8, 4) is 0 Å². The van der Waals surface area contributed by atoms with Crippen LogP contribution in [0.2, 0.25) is 0 Å². The van der Waals surface area contributed by atoms with Gasteiger partial charge in [-0.2, -0.15) is 0 Å². The number of rotatable bonds is 8. The van der Waals surface area contributed by atoms with Gasteiger partial charge in [0.1, 0.15) is 0 Å². The molecule has 3 aromatic rings. The summed E-state index contributed by atoms with van der Waals surface area (Å²) in [6, 6.07) is 17.5. The highest BCUT2D eigenvalue weighted by atomic mass is 32.2. The summed E-state index contributed by atoms with van der Waals surface area (Å²) in [4.78, 5) is 37.0. The van der Waals surface area contributed by atoms with Crippen LogP contribution in [0.5, 0.6) is 0 Å². The van der Waals surface area contributed by atoms with E-state index in [1.54, 1.807) is 0 Å². The average Bonchev–Trinajstić information content (AvgIpc) is 2.86. The van der Waals surface area contributed by atoms with Crippen molar-refractivity contribution in [2.24, 2.45) is 0 Å². The third kappa shape index (κ3) is 6.08. The van der Waals surface area contributed by atoms with E-state index in [0.29, 0.717) is 5.69 Å². The minimum atomic E-state index is -3.61. The third-order valence-corrected chi connectivity index (χ3v) is 6.63. The molecule has 10 heteroatoms. The van der Waals surface area contributed by atoms with Crippen molar-refractivity contribution in [1.82, 2.24) is 0 Å². The first-order valence-corrected chi connectivity index (χ1v) is 12.6. The highest BCUT2D eigenvalue weighted by Gasteiger charge is 2.21. The zero-order valence-electron chi connectivity index (χ0n) is 20.3. The molecule has 0 heterocycles. The SMILES string of the molecule is COC(=O)c1ccc(C(=O)OC)c(NC(=O)c2ccc(N(Cc3ccccc3C)S(C)(=O)=O)cc2)c1. The molecule has 1 N–H and O–H groups in total. The normalized spacial score (nSPS) is 10.9. The number of esters is 2. The van der Waals surface area contributed by atoms with Gasteiger partial charge in [-0.3, -0.25) is 9.10 Å². The summed E-state index contributed by atoms with van der Waals surface area (Å²) >= 11 is 0. The molecule has 0 aliphatic carbocycles. The Labute approximate surface area is 209 Å². The Morgan fingerprint density at radius 2 is 1.47 bits per heavy atom. The second-order valence-corrected chi connectivity index (χ2v) is 9.85. The number of amides is 1. The lowest BCUT2D eigenvalue weighted by molar-refractivity contribution is 0.0587. The number of hydrogen-bond acceptors (Lipinski definition) is 7. The first-order chi connectivity index (χ1) is 17.0. The van der Waals surface area contributed by atoms with E-state index in [1.807, 2.05) is 31.2 Å². The minimum Gasteiger partial charge on any atom is -0.465 e. The Bertz CT molecular complexity index is 1400. The molecule has 0 fully saturated rings. The van der Waals surface area contributed by atoms with Crippen molar-refractivity contribution in [2.75, 3.05) is 30.1 Å². The summed E-state index contributed by atoms with van der Waals surface area (Å²) < 4.78 is 35.7. The number of nitrogens with zero attached hydrogens (tertiary/aromatic N) is 1. The molecule has 9 nitrogen and oxygen atoms in total.